The number of alkyl halides is 1. The van der Waals surface area contributed by atoms with Gasteiger partial charge >= 0.3 is 0 Å². The third-order valence-electron chi connectivity index (χ3n) is 3.14. The fourth-order valence-corrected chi connectivity index (χ4v) is 2.52. The van der Waals surface area contributed by atoms with Crippen LogP contribution < -0.4 is 4.74 Å². The van der Waals surface area contributed by atoms with E-state index < -0.39 is 0 Å². The summed E-state index contributed by atoms with van der Waals surface area (Å²) in [6, 6.07) is 19.6. The first-order valence-electron chi connectivity index (χ1n) is 6.28. The van der Waals surface area contributed by atoms with Gasteiger partial charge in [-0.3, -0.25) is 0 Å². The molecule has 3 aromatic carbocycles. The maximum absolute atomic E-state index is 6.04. The number of hydrogen-bond donors (Lipinski definition) is 0. The first-order valence-corrected chi connectivity index (χ1v) is 7.19. The van der Waals surface area contributed by atoms with Gasteiger partial charge in [0.2, 0.25) is 0 Å². The summed E-state index contributed by atoms with van der Waals surface area (Å²) >= 11 is 12.0. The molecular formula is C17H12Cl2O. The molecule has 0 N–H and O–H groups in total. The molecule has 0 aliphatic rings. The minimum Gasteiger partial charge on any atom is -0.456 e. The van der Waals surface area contributed by atoms with Gasteiger partial charge in [0.1, 0.15) is 11.5 Å². The molecule has 0 fully saturated rings. The van der Waals surface area contributed by atoms with Gasteiger partial charge in [0, 0.05) is 16.0 Å². The minimum atomic E-state index is 0.386. The molecule has 0 unspecified atom stereocenters. The normalized spacial score (nSPS) is 10.7. The van der Waals surface area contributed by atoms with Crippen molar-refractivity contribution in [2.24, 2.45) is 0 Å². The SMILES string of the molecule is ClCc1ccc(Cl)cc1Oc1cccc2ccccc12. The van der Waals surface area contributed by atoms with Crippen LogP contribution in [-0.4, -0.2) is 0 Å². The molecule has 100 valence electrons. The molecule has 0 aromatic heterocycles. The van der Waals surface area contributed by atoms with E-state index in [-0.39, 0.29) is 0 Å². The first-order chi connectivity index (χ1) is 9.78. The summed E-state index contributed by atoms with van der Waals surface area (Å²) in [5.41, 5.74) is 0.920. The van der Waals surface area contributed by atoms with Crippen LogP contribution in [0.2, 0.25) is 5.02 Å². The zero-order chi connectivity index (χ0) is 13.9. The zero-order valence-electron chi connectivity index (χ0n) is 10.6. The van der Waals surface area contributed by atoms with Crippen molar-refractivity contribution in [3.63, 3.8) is 0 Å². The van der Waals surface area contributed by atoms with Crippen molar-refractivity contribution in [3.8, 4) is 11.5 Å². The maximum atomic E-state index is 6.04. The monoisotopic (exact) mass is 302 g/mol. The molecule has 0 amide bonds. The van der Waals surface area contributed by atoms with Crippen molar-refractivity contribution in [1.29, 1.82) is 0 Å². The first kappa shape index (κ1) is 13.3. The molecule has 3 rings (SSSR count). The Morgan fingerprint density at radius 3 is 2.50 bits per heavy atom. The van der Waals surface area contributed by atoms with Gasteiger partial charge in [-0.2, -0.15) is 0 Å². The molecule has 0 aliphatic carbocycles. The lowest BCUT2D eigenvalue weighted by molar-refractivity contribution is 0.484. The molecule has 0 saturated carbocycles. The highest BCUT2D eigenvalue weighted by Gasteiger charge is 2.07. The number of ether oxygens (including phenoxy) is 1. The number of rotatable bonds is 3. The van der Waals surface area contributed by atoms with Crippen LogP contribution in [0.4, 0.5) is 0 Å². The highest BCUT2D eigenvalue weighted by Crippen LogP contribution is 2.33. The maximum Gasteiger partial charge on any atom is 0.135 e. The van der Waals surface area contributed by atoms with E-state index in [4.69, 9.17) is 27.9 Å². The zero-order valence-corrected chi connectivity index (χ0v) is 12.2. The Morgan fingerprint density at radius 2 is 1.65 bits per heavy atom. The summed E-state index contributed by atoms with van der Waals surface area (Å²) in [5, 5.41) is 2.84. The van der Waals surface area contributed by atoms with Gasteiger partial charge in [0.25, 0.3) is 0 Å². The standard InChI is InChI=1S/C17H12Cl2O/c18-11-13-8-9-14(19)10-17(13)20-16-7-3-5-12-4-1-2-6-15(12)16/h1-10H,11H2. The third kappa shape index (κ3) is 2.60. The van der Waals surface area contributed by atoms with Gasteiger partial charge in [-0.15, -0.1) is 11.6 Å². The van der Waals surface area contributed by atoms with Crippen LogP contribution in [0.5, 0.6) is 11.5 Å². The average molecular weight is 303 g/mol. The van der Waals surface area contributed by atoms with Crippen LogP contribution in [0, 0.1) is 0 Å². The quantitative estimate of drug-likeness (QED) is 0.537. The van der Waals surface area contributed by atoms with Crippen LogP contribution >= 0.6 is 23.2 Å². The van der Waals surface area contributed by atoms with Crippen LogP contribution in [0.1, 0.15) is 5.56 Å². The van der Waals surface area contributed by atoms with Crippen LogP contribution in [0.25, 0.3) is 10.8 Å². The highest BCUT2D eigenvalue weighted by molar-refractivity contribution is 6.30. The molecule has 0 radical (unpaired) electrons. The van der Waals surface area contributed by atoms with E-state index in [1.54, 1.807) is 6.07 Å². The van der Waals surface area contributed by atoms with E-state index >= 15 is 0 Å². The second kappa shape index (κ2) is 5.74. The Hall–Kier alpha value is -1.70. The number of benzene rings is 3. The largest absolute Gasteiger partial charge is 0.456 e. The van der Waals surface area contributed by atoms with Gasteiger partial charge in [0.15, 0.2) is 0 Å². The molecule has 3 aromatic rings. The van der Waals surface area contributed by atoms with Gasteiger partial charge in [-0.25, -0.2) is 0 Å². The van der Waals surface area contributed by atoms with Gasteiger partial charge in [-0.05, 0) is 23.6 Å². The lowest BCUT2D eigenvalue weighted by Gasteiger charge is -2.12. The Bertz CT molecular complexity index is 748. The van der Waals surface area contributed by atoms with Crippen LogP contribution in [0.3, 0.4) is 0 Å². The van der Waals surface area contributed by atoms with E-state index in [0.29, 0.717) is 16.7 Å². The average Bonchev–Trinajstić information content (AvgIpc) is 2.48. The van der Waals surface area contributed by atoms with Crippen LogP contribution in [-0.2, 0) is 5.88 Å². The molecule has 0 aliphatic heterocycles. The Kier molecular flexibility index (Phi) is 3.81. The van der Waals surface area contributed by atoms with Crippen molar-refractivity contribution in [3.05, 3.63) is 71.2 Å². The van der Waals surface area contributed by atoms with Crippen molar-refractivity contribution < 1.29 is 4.74 Å². The number of fused-ring (bicyclic) bond motifs is 1. The molecule has 0 saturated heterocycles. The van der Waals surface area contributed by atoms with E-state index in [1.165, 1.54) is 0 Å². The lowest BCUT2D eigenvalue weighted by Crippen LogP contribution is -1.90. The summed E-state index contributed by atoms with van der Waals surface area (Å²) in [6.45, 7) is 0. The number of halogens is 2. The van der Waals surface area contributed by atoms with E-state index in [1.807, 2.05) is 42.5 Å². The van der Waals surface area contributed by atoms with Crippen molar-refractivity contribution >= 4 is 34.0 Å². The van der Waals surface area contributed by atoms with Crippen molar-refractivity contribution in [2.75, 3.05) is 0 Å². The predicted octanol–water partition coefficient (Wildman–Crippen LogP) is 6.02. The summed E-state index contributed by atoms with van der Waals surface area (Å²) in [5.74, 6) is 1.89. The minimum absolute atomic E-state index is 0.386. The molecule has 0 atom stereocenters. The predicted molar refractivity (Wildman–Crippen MR) is 85.0 cm³/mol. The topological polar surface area (TPSA) is 9.23 Å². The fraction of sp³-hybridized carbons (Fsp3) is 0.0588. The fourth-order valence-electron chi connectivity index (χ4n) is 2.14. The molecule has 0 heterocycles. The number of hydrogen-bond acceptors (Lipinski definition) is 1. The summed E-state index contributed by atoms with van der Waals surface area (Å²) < 4.78 is 6.03. The summed E-state index contributed by atoms with van der Waals surface area (Å²) in [6.07, 6.45) is 0. The second-order valence-corrected chi connectivity index (χ2v) is 5.17. The Labute approximate surface area is 127 Å². The summed E-state index contributed by atoms with van der Waals surface area (Å²) in [4.78, 5) is 0. The van der Waals surface area contributed by atoms with Crippen LogP contribution in [0.15, 0.2) is 60.7 Å². The Balaban J connectivity index is 2.07. The molecule has 0 bridgehead atoms. The summed E-state index contributed by atoms with van der Waals surface area (Å²) in [7, 11) is 0. The molecule has 1 nitrogen and oxygen atoms in total. The third-order valence-corrected chi connectivity index (χ3v) is 3.67. The van der Waals surface area contributed by atoms with E-state index in [9.17, 15) is 0 Å². The van der Waals surface area contributed by atoms with Crippen molar-refractivity contribution in [1.82, 2.24) is 0 Å². The molecule has 3 heteroatoms. The molecular weight excluding hydrogens is 291 g/mol. The lowest BCUT2D eigenvalue weighted by atomic mass is 10.1. The van der Waals surface area contributed by atoms with Gasteiger partial charge in [0.05, 0.1) is 5.88 Å². The van der Waals surface area contributed by atoms with Crippen molar-refractivity contribution in [2.45, 2.75) is 5.88 Å². The molecule has 0 spiro atoms. The highest BCUT2D eigenvalue weighted by atomic mass is 35.5. The molecule has 20 heavy (non-hydrogen) atoms. The Morgan fingerprint density at radius 1 is 0.850 bits per heavy atom. The van der Waals surface area contributed by atoms with E-state index in [2.05, 4.69) is 12.1 Å². The van der Waals surface area contributed by atoms with Gasteiger partial charge < -0.3 is 4.74 Å². The van der Waals surface area contributed by atoms with E-state index in [0.717, 1.165) is 22.1 Å². The smallest absolute Gasteiger partial charge is 0.135 e. The second-order valence-electron chi connectivity index (χ2n) is 4.47. The van der Waals surface area contributed by atoms with Gasteiger partial charge in [-0.1, -0.05) is 54.1 Å².